The van der Waals surface area contributed by atoms with Crippen LogP contribution in [-0.4, -0.2) is 5.78 Å². The van der Waals surface area contributed by atoms with Gasteiger partial charge in [-0.25, -0.2) is 0 Å². The predicted molar refractivity (Wildman–Crippen MR) is 80.6 cm³/mol. The van der Waals surface area contributed by atoms with Crippen LogP contribution in [0.1, 0.15) is 74.7 Å². The van der Waals surface area contributed by atoms with Crippen molar-refractivity contribution in [3.63, 3.8) is 0 Å². The molecule has 0 heterocycles. The van der Waals surface area contributed by atoms with Gasteiger partial charge >= 0.3 is 0 Å². The number of benzene rings is 1. The quantitative estimate of drug-likeness (QED) is 0.678. The second-order valence-electron chi connectivity index (χ2n) is 6.35. The lowest BCUT2D eigenvalue weighted by Crippen LogP contribution is -2.17. The van der Waals surface area contributed by atoms with E-state index < -0.39 is 0 Å². The summed E-state index contributed by atoms with van der Waals surface area (Å²) in [7, 11) is 0. The maximum Gasteiger partial charge on any atom is 0.165 e. The normalized spacial score (nSPS) is 18.5. The van der Waals surface area contributed by atoms with E-state index in [1.165, 1.54) is 37.7 Å². The van der Waals surface area contributed by atoms with Crippen LogP contribution in [0.25, 0.3) is 0 Å². The van der Waals surface area contributed by atoms with Crippen LogP contribution in [0.4, 0.5) is 0 Å². The lowest BCUT2D eigenvalue weighted by molar-refractivity contribution is 0.0899. The van der Waals surface area contributed by atoms with Crippen molar-refractivity contribution in [2.24, 2.45) is 11.8 Å². The van der Waals surface area contributed by atoms with Gasteiger partial charge in [0.1, 0.15) is 0 Å². The average Bonchev–Trinajstić information content (AvgIpc) is 2.46. The topological polar surface area (TPSA) is 17.1 Å². The molecule has 1 heteroatoms. The van der Waals surface area contributed by atoms with Crippen LogP contribution in [0, 0.1) is 11.8 Å². The van der Waals surface area contributed by atoms with E-state index in [-0.39, 0.29) is 11.7 Å². The number of hydrogen-bond acceptors (Lipinski definition) is 1. The molecule has 104 valence electrons. The Morgan fingerprint density at radius 3 is 2.11 bits per heavy atom. The molecule has 0 bridgehead atoms. The van der Waals surface area contributed by atoms with E-state index in [1.54, 1.807) is 0 Å². The van der Waals surface area contributed by atoms with Gasteiger partial charge in [0.05, 0.1) is 0 Å². The van der Waals surface area contributed by atoms with Gasteiger partial charge in [0.2, 0.25) is 0 Å². The highest BCUT2D eigenvalue weighted by Gasteiger charge is 2.19. The van der Waals surface area contributed by atoms with E-state index in [1.807, 2.05) is 19.1 Å². The SMILES string of the molecule is CC(C)C(C)C(=O)c1ccc(C2CCCCC2)cc1. The van der Waals surface area contributed by atoms with Crippen molar-refractivity contribution in [1.82, 2.24) is 0 Å². The molecular weight excluding hydrogens is 232 g/mol. The van der Waals surface area contributed by atoms with E-state index in [0.29, 0.717) is 5.92 Å². The second kappa shape index (κ2) is 6.36. The van der Waals surface area contributed by atoms with E-state index in [9.17, 15) is 4.79 Å². The summed E-state index contributed by atoms with van der Waals surface area (Å²) in [6, 6.07) is 8.42. The van der Waals surface area contributed by atoms with Gasteiger partial charge in [0.15, 0.2) is 5.78 Å². The molecule has 1 atom stereocenters. The first kappa shape index (κ1) is 14.3. The number of carbonyl (C=O) groups excluding carboxylic acids is 1. The largest absolute Gasteiger partial charge is 0.294 e. The lowest BCUT2D eigenvalue weighted by atomic mass is 9.83. The molecule has 1 aliphatic carbocycles. The smallest absolute Gasteiger partial charge is 0.165 e. The summed E-state index contributed by atoms with van der Waals surface area (Å²) >= 11 is 0. The summed E-state index contributed by atoms with van der Waals surface area (Å²) in [5.41, 5.74) is 2.30. The Kier molecular flexibility index (Phi) is 4.79. The molecular formula is C18H26O. The van der Waals surface area contributed by atoms with Gasteiger partial charge in [0, 0.05) is 11.5 Å². The molecule has 19 heavy (non-hydrogen) atoms. The molecule has 1 aromatic carbocycles. The molecule has 0 amide bonds. The van der Waals surface area contributed by atoms with E-state index in [2.05, 4.69) is 26.0 Å². The predicted octanol–water partition coefficient (Wildman–Crippen LogP) is 5.21. The van der Waals surface area contributed by atoms with E-state index >= 15 is 0 Å². The van der Waals surface area contributed by atoms with Crippen molar-refractivity contribution >= 4 is 5.78 Å². The van der Waals surface area contributed by atoms with Crippen LogP contribution in [0.3, 0.4) is 0 Å². The minimum Gasteiger partial charge on any atom is -0.294 e. The molecule has 0 N–H and O–H groups in total. The minimum atomic E-state index is 0.112. The van der Waals surface area contributed by atoms with Crippen LogP contribution in [0.2, 0.25) is 0 Å². The molecule has 1 unspecified atom stereocenters. The lowest BCUT2D eigenvalue weighted by Gasteiger charge is -2.22. The van der Waals surface area contributed by atoms with Gasteiger partial charge in [0.25, 0.3) is 0 Å². The van der Waals surface area contributed by atoms with Gasteiger partial charge in [-0.3, -0.25) is 4.79 Å². The molecule has 2 rings (SSSR count). The van der Waals surface area contributed by atoms with Crippen molar-refractivity contribution in [2.45, 2.75) is 58.8 Å². The molecule has 1 aromatic rings. The number of ketones is 1. The molecule has 1 nitrogen and oxygen atoms in total. The van der Waals surface area contributed by atoms with Crippen LogP contribution in [-0.2, 0) is 0 Å². The first-order valence-electron chi connectivity index (χ1n) is 7.73. The molecule has 0 radical (unpaired) electrons. The number of hydrogen-bond donors (Lipinski definition) is 0. The molecule has 0 aliphatic heterocycles. The highest BCUT2D eigenvalue weighted by atomic mass is 16.1. The van der Waals surface area contributed by atoms with Crippen molar-refractivity contribution in [3.05, 3.63) is 35.4 Å². The third-order valence-corrected chi connectivity index (χ3v) is 4.69. The average molecular weight is 258 g/mol. The summed E-state index contributed by atoms with van der Waals surface area (Å²) < 4.78 is 0. The van der Waals surface area contributed by atoms with E-state index in [4.69, 9.17) is 0 Å². The highest BCUT2D eigenvalue weighted by molar-refractivity contribution is 5.97. The number of carbonyl (C=O) groups is 1. The van der Waals surface area contributed by atoms with Gasteiger partial charge in [-0.1, -0.05) is 64.3 Å². The Balaban J connectivity index is 2.07. The minimum absolute atomic E-state index is 0.112. The third-order valence-electron chi connectivity index (χ3n) is 4.69. The van der Waals surface area contributed by atoms with Crippen LogP contribution in [0.15, 0.2) is 24.3 Å². The summed E-state index contributed by atoms with van der Waals surface area (Å²) in [5, 5.41) is 0. The molecule has 1 saturated carbocycles. The number of Topliss-reactive ketones (excluding diaryl/α,β-unsaturated/α-hetero) is 1. The summed E-state index contributed by atoms with van der Waals surface area (Å²) in [6.07, 6.45) is 6.73. The van der Waals surface area contributed by atoms with Crippen LogP contribution >= 0.6 is 0 Å². The fourth-order valence-corrected chi connectivity index (χ4v) is 2.92. The maximum absolute atomic E-state index is 12.3. The number of rotatable bonds is 4. The Labute approximate surface area is 117 Å². The van der Waals surface area contributed by atoms with Gasteiger partial charge in [-0.15, -0.1) is 0 Å². The van der Waals surface area contributed by atoms with Crippen molar-refractivity contribution in [2.75, 3.05) is 0 Å². The second-order valence-corrected chi connectivity index (χ2v) is 6.35. The van der Waals surface area contributed by atoms with Crippen molar-refractivity contribution in [1.29, 1.82) is 0 Å². The molecule has 0 spiro atoms. The zero-order valence-corrected chi connectivity index (χ0v) is 12.5. The summed E-state index contributed by atoms with van der Waals surface area (Å²) in [6.45, 7) is 6.25. The molecule has 0 aromatic heterocycles. The fraction of sp³-hybridized carbons (Fsp3) is 0.611. The third kappa shape index (κ3) is 3.46. The highest BCUT2D eigenvalue weighted by Crippen LogP contribution is 2.32. The molecule has 1 aliphatic rings. The Morgan fingerprint density at radius 1 is 1.00 bits per heavy atom. The summed E-state index contributed by atoms with van der Waals surface area (Å²) in [4.78, 5) is 12.3. The standard InChI is InChI=1S/C18H26O/c1-13(2)14(3)18(19)17-11-9-16(10-12-17)15-7-5-4-6-8-15/h9-15H,4-8H2,1-3H3. The fourth-order valence-electron chi connectivity index (χ4n) is 2.92. The van der Waals surface area contributed by atoms with Crippen molar-refractivity contribution in [3.8, 4) is 0 Å². The summed E-state index contributed by atoms with van der Waals surface area (Å²) in [5.74, 6) is 1.52. The Bertz CT molecular complexity index is 410. The first-order valence-corrected chi connectivity index (χ1v) is 7.73. The molecule has 1 fully saturated rings. The zero-order valence-electron chi connectivity index (χ0n) is 12.5. The van der Waals surface area contributed by atoms with Crippen LogP contribution in [0.5, 0.6) is 0 Å². The van der Waals surface area contributed by atoms with Crippen LogP contribution < -0.4 is 0 Å². The van der Waals surface area contributed by atoms with Crippen molar-refractivity contribution < 1.29 is 4.79 Å². The van der Waals surface area contributed by atoms with Gasteiger partial charge in [-0.05, 0) is 30.2 Å². The van der Waals surface area contributed by atoms with Gasteiger partial charge in [-0.2, -0.15) is 0 Å². The first-order chi connectivity index (χ1) is 9.09. The zero-order chi connectivity index (χ0) is 13.8. The monoisotopic (exact) mass is 258 g/mol. The molecule has 0 saturated heterocycles. The van der Waals surface area contributed by atoms with E-state index in [0.717, 1.165) is 11.5 Å². The van der Waals surface area contributed by atoms with Gasteiger partial charge < -0.3 is 0 Å². The Hall–Kier alpha value is -1.11. The maximum atomic E-state index is 12.3. The Morgan fingerprint density at radius 2 is 1.58 bits per heavy atom.